The molecule has 6 nitrogen and oxygen atoms in total. The molecule has 0 bridgehead atoms. The van der Waals surface area contributed by atoms with Crippen molar-refractivity contribution in [2.45, 2.75) is 13.3 Å². The van der Waals surface area contributed by atoms with Crippen molar-refractivity contribution in [2.75, 3.05) is 51.3 Å². The molecule has 2 N–H and O–H groups in total. The molecule has 1 fully saturated rings. The molecule has 1 unspecified atom stereocenters. The number of methoxy groups -OCH3 is 1. The maximum absolute atomic E-state index is 5.73. The number of nitrogens with one attached hydrogen (secondary N) is 2. The molecule has 156 valence electrons. The van der Waals surface area contributed by atoms with E-state index >= 15 is 0 Å². The summed E-state index contributed by atoms with van der Waals surface area (Å²) in [6.07, 6.45) is 1.15. The van der Waals surface area contributed by atoms with Gasteiger partial charge in [-0.15, -0.1) is 0 Å². The second kappa shape index (κ2) is 11.2. The molecule has 1 heterocycles. The minimum absolute atomic E-state index is 0.553. The maximum atomic E-state index is 5.73. The normalized spacial score (nSPS) is 16.6. The number of benzene rings is 2. The Labute approximate surface area is 173 Å². The van der Waals surface area contributed by atoms with Gasteiger partial charge in [-0.05, 0) is 43.5 Å². The first kappa shape index (κ1) is 20.8. The maximum Gasteiger partial charge on any atom is 0.191 e. The molecule has 1 aliphatic rings. The van der Waals surface area contributed by atoms with Crippen LogP contribution in [0.5, 0.6) is 11.5 Å². The molecule has 0 amide bonds. The summed E-state index contributed by atoms with van der Waals surface area (Å²) in [6, 6.07) is 18.1. The fourth-order valence-corrected chi connectivity index (χ4v) is 3.44. The highest BCUT2D eigenvalue weighted by Crippen LogP contribution is 2.26. The molecule has 6 heteroatoms. The standard InChI is InChI=1S/C23H32N4O2/c1-3-24-23(25-13-15-29-21-9-5-4-6-10-21)26-17-19-12-14-27(18-19)20-8-7-11-22(16-20)28-2/h4-11,16,19H,3,12-15,17-18H2,1-2H3,(H2,24,25,26). The van der Waals surface area contributed by atoms with Crippen LogP contribution in [0.1, 0.15) is 13.3 Å². The molecule has 1 aliphatic heterocycles. The molecule has 0 aliphatic carbocycles. The number of para-hydroxylation sites is 1. The summed E-state index contributed by atoms with van der Waals surface area (Å²) >= 11 is 0. The minimum Gasteiger partial charge on any atom is -0.497 e. The summed E-state index contributed by atoms with van der Waals surface area (Å²) in [5.74, 6) is 3.20. The van der Waals surface area contributed by atoms with Crippen LogP contribution in [-0.2, 0) is 0 Å². The van der Waals surface area contributed by atoms with E-state index in [1.54, 1.807) is 7.11 Å². The monoisotopic (exact) mass is 396 g/mol. The van der Waals surface area contributed by atoms with Crippen molar-refractivity contribution in [1.29, 1.82) is 0 Å². The van der Waals surface area contributed by atoms with Gasteiger partial charge in [-0.2, -0.15) is 0 Å². The van der Waals surface area contributed by atoms with Gasteiger partial charge in [0.1, 0.15) is 18.1 Å². The van der Waals surface area contributed by atoms with Crippen molar-refractivity contribution < 1.29 is 9.47 Å². The molecular weight excluding hydrogens is 364 g/mol. The van der Waals surface area contributed by atoms with Crippen LogP contribution in [0.4, 0.5) is 5.69 Å². The largest absolute Gasteiger partial charge is 0.497 e. The Bertz CT molecular complexity index is 766. The van der Waals surface area contributed by atoms with E-state index in [0.717, 1.165) is 50.1 Å². The third-order valence-corrected chi connectivity index (χ3v) is 4.96. The zero-order valence-electron chi connectivity index (χ0n) is 17.4. The molecule has 0 saturated carbocycles. The van der Waals surface area contributed by atoms with Crippen LogP contribution >= 0.6 is 0 Å². The molecule has 2 aromatic rings. The smallest absolute Gasteiger partial charge is 0.191 e. The molecule has 0 radical (unpaired) electrons. The highest BCUT2D eigenvalue weighted by atomic mass is 16.5. The number of hydrogen-bond acceptors (Lipinski definition) is 4. The second-order valence-electron chi connectivity index (χ2n) is 7.11. The fourth-order valence-electron chi connectivity index (χ4n) is 3.44. The van der Waals surface area contributed by atoms with Gasteiger partial charge in [-0.3, -0.25) is 4.99 Å². The van der Waals surface area contributed by atoms with Crippen LogP contribution < -0.4 is 25.0 Å². The topological polar surface area (TPSA) is 58.1 Å². The highest BCUT2D eigenvalue weighted by Gasteiger charge is 2.22. The molecule has 1 atom stereocenters. The Kier molecular flexibility index (Phi) is 8.04. The first-order valence-corrected chi connectivity index (χ1v) is 10.4. The number of hydrogen-bond donors (Lipinski definition) is 2. The van der Waals surface area contributed by atoms with Gasteiger partial charge in [0.15, 0.2) is 5.96 Å². The predicted octanol–water partition coefficient (Wildman–Crippen LogP) is 3.16. The summed E-state index contributed by atoms with van der Waals surface area (Å²) in [4.78, 5) is 7.20. The van der Waals surface area contributed by atoms with Gasteiger partial charge in [0, 0.05) is 37.9 Å². The lowest BCUT2D eigenvalue weighted by molar-refractivity contribution is 0.322. The van der Waals surface area contributed by atoms with Crippen molar-refractivity contribution in [3.8, 4) is 11.5 Å². The van der Waals surface area contributed by atoms with Crippen LogP contribution in [0.15, 0.2) is 59.6 Å². The molecule has 0 spiro atoms. The zero-order valence-corrected chi connectivity index (χ0v) is 17.4. The average molecular weight is 397 g/mol. The minimum atomic E-state index is 0.553. The van der Waals surface area contributed by atoms with Gasteiger partial charge in [0.05, 0.1) is 13.7 Å². The van der Waals surface area contributed by atoms with E-state index in [1.807, 2.05) is 42.5 Å². The Morgan fingerprint density at radius 3 is 2.72 bits per heavy atom. The number of rotatable bonds is 9. The van der Waals surface area contributed by atoms with Crippen molar-refractivity contribution in [2.24, 2.45) is 10.9 Å². The van der Waals surface area contributed by atoms with Gasteiger partial charge in [-0.1, -0.05) is 24.3 Å². The first-order chi connectivity index (χ1) is 14.3. The Morgan fingerprint density at radius 2 is 1.93 bits per heavy atom. The van der Waals surface area contributed by atoms with Crippen LogP contribution in [0.2, 0.25) is 0 Å². The number of ether oxygens (including phenoxy) is 2. The SMILES string of the molecule is CCNC(=NCC1CCN(c2cccc(OC)c2)C1)NCCOc1ccccc1. The predicted molar refractivity (Wildman–Crippen MR) is 119 cm³/mol. The summed E-state index contributed by atoms with van der Waals surface area (Å²) in [5.41, 5.74) is 1.22. The van der Waals surface area contributed by atoms with Crippen molar-refractivity contribution >= 4 is 11.6 Å². The average Bonchev–Trinajstić information content (AvgIpc) is 3.25. The van der Waals surface area contributed by atoms with E-state index in [1.165, 1.54) is 5.69 Å². The molecule has 29 heavy (non-hydrogen) atoms. The summed E-state index contributed by atoms with van der Waals surface area (Å²) in [7, 11) is 1.71. The number of nitrogens with zero attached hydrogens (tertiary/aromatic N) is 2. The van der Waals surface area contributed by atoms with E-state index in [2.05, 4.69) is 34.6 Å². The van der Waals surface area contributed by atoms with Crippen LogP contribution in [0.3, 0.4) is 0 Å². The molecule has 3 rings (SSSR count). The van der Waals surface area contributed by atoms with Crippen molar-refractivity contribution in [1.82, 2.24) is 10.6 Å². The Balaban J connectivity index is 1.44. The summed E-state index contributed by atoms with van der Waals surface area (Å²) < 4.78 is 11.1. The quantitative estimate of drug-likeness (QED) is 0.387. The first-order valence-electron chi connectivity index (χ1n) is 10.4. The third-order valence-electron chi connectivity index (χ3n) is 4.96. The Hall–Kier alpha value is -2.89. The van der Waals surface area contributed by atoms with Crippen LogP contribution in [0, 0.1) is 5.92 Å². The Morgan fingerprint density at radius 1 is 1.10 bits per heavy atom. The lowest BCUT2D eigenvalue weighted by atomic mass is 10.1. The van der Waals surface area contributed by atoms with E-state index in [0.29, 0.717) is 19.1 Å². The number of guanidine groups is 1. The van der Waals surface area contributed by atoms with Crippen molar-refractivity contribution in [3.05, 3.63) is 54.6 Å². The zero-order chi connectivity index (χ0) is 20.3. The fraction of sp³-hybridized carbons (Fsp3) is 0.435. The molecule has 0 aromatic heterocycles. The van der Waals surface area contributed by atoms with Crippen molar-refractivity contribution in [3.63, 3.8) is 0 Å². The van der Waals surface area contributed by atoms with E-state index in [4.69, 9.17) is 14.5 Å². The summed E-state index contributed by atoms with van der Waals surface area (Å²) in [5, 5.41) is 6.67. The number of anilines is 1. The third kappa shape index (κ3) is 6.59. The van der Waals surface area contributed by atoms with Crippen LogP contribution in [0.25, 0.3) is 0 Å². The van der Waals surface area contributed by atoms with Gasteiger partial charge in [0.25, 0.3) is 0 Å². The van der Waals surface area contributed by atoms with Gasteiger partial charge < -0.3 is 25.0 Å². The second-order valence-corrected chi connectivity index (χ2v) is 7.11. The van der Waals surface area contributed by atoms with Gasteiger partial charge >= 0.3 is 0 Å². The summed E-state index contributed by atoms with van der Waals surface area (Å²) in [6.45, 7) is 7.12. The lowest BCUT2D eigenvalue weighted by Crippen LogP contribution is -2.39. The van der Waals surface area contributed by atoms with Gasteiger partial charge in [0.2, 0.25) is 0 Å². The highest BCUT2D eigenvalue weighted by molar-refractivity contribution is 5.79. The molecule has 1 saturated heterocycles. The van der Waals surface area contributed by atoms with Gasteiger partial charge in [-0.25, -0.2) is 0 Å². The lowest BCUT2D eigenvalue weighted by Gasteiger charge is -2.19. The van der Waals surface area contributed by atoms with E-state index in [9.17, 15) is 0 Å². The molecular formula is C23H32N4O2. The van der Waals surface area contributed by atoms with E-state index < -0.39 is 0 Å². The van der Waals surface area contributed by atoms with Crippen LogP contribution in [-0.4, -0.2) is 52.4 Å². The molecule has 2 aromatic carbocycles. The van der Waals surface area contributed by atoms with E-state index in [-0.39, 0.29) is 0 Å². The number of aliphatic imine (C=N–C) groups is 1.